The Kier molecular flexibility index (Phi) is 7.55. The Morgan fingerprint density at radius 3 is 2.95 bits per heavy atom. The highest BCUT2D eigenvalue weighted by molar-refractivity contribution is 7.09. The molecule has 0 aliphatic carbocycles. The third-order valence-corrected chi connectivity index (χ3v) is 4.29. The van der Waals surface area contributed by atoms with Gasteiger partial charge in [-0.1, -0.05) is 5.16 Å². The highest BCUT2D eigenvalue weighted by Gasteiger charge is 2.24. The van der Waals surface area contributed by atoms with Gasteiger partial charge in [0.1, 0.15) is 0 Å². The van der Waals surface area contributed by atoms with Crippen LogP contribution >= 0.6 is 36.2 Å². The van der Waals surface area contributed by atoms with Crippen molar-refractivity contribution < 1.29 is 4.52 Å². The van der Waals surface area contributed by atoms with Gasteiger partial charge in [-0.25, -0.2) is 4.98 Å². The van der Waals surface area contributed by atoms with Gasteiger partial charge in [-0.3, -0.25) is 4.90 Å². The van der Waals surface area contributed by atoms with Crippen LogP contribution in [0.1, 0.15) is 35.5 Å². The number of hydrogen-bond donors (Lipinski definition) is 1. The minimum Gasteiger partial charge on any atom is -0.338 e. The number of rotatable bonds is 4. The van der Waals surface area contributed by atoms with E-state index < -0.39 is 0 Å². The zero-order valence-electron chi connectivity index (χ0n) is 11.5. The van der Waals surface area contributed by atoms with Crippen LogP contribution in [0.2, 0.25) is 0 Å². The van der Waals surface area contributed by atoms with Crippen molar-refractivity contribution >= 4 is 36.2 Å². The van der Waals surface area contributed by atoms with Gasteiger partial charge in [-0.05, 0) is 19.4 Å². The van der Waals surface area contributed by atoms with Crippen molar-refractivity contribution in [3.63, 3.8) is 0 Å². The molecule has 2 N–H and O–H groups in total. The summed E-state index contributed by atoms with van der Waals surface area (Å²) >= 11 is 1.74. The summed E-state index contributed by atoms with van der Waals surface area (Å²) in [5.74, 6) is 1.76. The van der Waals surface area contributed by atoms with Gasteiger partial charge in [0.25, 0.3) is 0 Å². The number of hydrogen-bond acceptors (Lipinski definition) is 7. The molecule has 6 nitrogen and oxygen atoms in total. The minimum absolute atomic E-state index is 0. The van der Waals surface area contributed by atoms with Crippen molar-refractivity contribution in [1.29, 1.82) is 0 Å². The molecule has 0 amide bonds. The molecular weight excluding hydrogens is 333 g/mol. The Hall–Kier alpha value is -0.730. The third kappa shape index (κ3) is 4.62. The van der Waals surface area contributed by atoms with Crippen LogP contribution in [0.4, 0.5) is 0 Å². The van der Waals surface area contributed by atoms with E-state index in [1.165, 1.54) is 17.8 Å². The predicted octanol–water partition coefficient (Wildman–Crippen LogP) is 2.21. The lowest BCUT2D eigenvalue weighted by molar-refractivity contribution is 0.193. The molecular formula is C12H19Cl2N5OS. The molecule has 0 aromatic carbocycles. The number of nitrogens with zero attached hydrogens (tertiary/aromatic N) is 4. The average Bonchev–Trinajstić information content (AvgIpc) is 3.10. The van der Waals surface area contributed by atoms with Crippen molar-refractivity contribution in [1.82, 2.24) is 20.0 Å². The van der Waals surface area contributed by atoms with E-state index in [2.05, 4.69) is 20.0 Å². The number of aromatic nitrogens is 3. The van der Waals surface area contributed by atoms with Gasteiger partial charge in [-0.15, -0.1) is 36.2 Å². The first kappa shape index (κ1) is 18.3. The largest absolute Gasteiger partial charge is 0.338 e. The number of piperidine rings is 1. The van der Waals surface area contributed by atoms with Crippen LogP contribution < -0.4 is 5.73 Å². The molecule has 118 valence electrons. The molecule has 21 heavy (non-hydrogen) atoms. The second-order valence-corrected chi connectivity index (χ2v) is 5.68. The lowest BCUT2D eigenvalue weighted by Gasteiger charge is -2.30. The molecule has 0 saturated carbocycles. The van der Waals surface area contributed by atoms with Crippen LogP contribution in [-0.4, -0.2) is 33.1 Å². The minimum atomic E-state index is 0. The monoisotopic (exact) mass is 351 g/mol. The molecule has 1 fully saturated rings. The Morgan fingerprint density at radius 2 is 2.29 bits per heavy atom. The summed E-state index contributed by atoms with van der Waals surface area (Å²) in [7, 11) is 0. The summed E-state index contributed by atoms with van der Waals surface area (Å²) in [5, 5.41) is 7.23. The number of likely N-dealkylation sites (tertiary alicyclic amines) is 1. The quantitative estimate of drug-likeness (QED) is 0.909. The van der Waals surface area contributed by atoms with Crippen molar-refractivity contribution in [2.45, 2.75) is 31.8 Å². The lowest BCUT2D eigenvalue weighted by atomic mass is 9.99. The predicted molar refractivity (Wildman–Crippen MR) is 86.1 cm³/mol. The van der Waals surface area contributed by atoms with E-state index in [0.29, 0.717) is 18.4 Å². The van der Waals surface area contributed by atoms with E-state index in [9.17, 15) is 0 Å². The fourth-order valence-electron chi connectivity index (χ4n) is 2.47. The fourth-order valence-corrected chi connectivity index (χ4v) is 3.24. The molecule has 9 heteroatoms. The van der Waals surface area contributed by atoms with Crippen molar-refractivity contribution in [2.75, 3.05) is 13.1 Å². The molecule has 1 unspecified atom stereocenters. The van der Waals surface area contributed by atoms with Crippen LogP contribution in [0.25, 0.3) is 0 Å². The Balaban J connectivity index is 0.00000110. The van der Waals surface area contributed by atoms with Gasteiger partial charge in [0, 0.05) is 24.0 Å². The molecule has 2 aromatic heterocycles. The highest BCUT2D eigenvalue weighted by Crippen LogP contribution is 2.28. The maximum atomic E-state index is 5.47. The number of halogens is 2. The van der Waals surface area contributed by atoms with Crippen molar-refractivity contribution in [3.05, 3.63) is 28.3 Å². The average molecular weight is 352 g/mol. The Bertz CT molecular complexity index is 521. The molecule has 0 bridgehead atoms. The third-order valence-electron chi connectivity index (χ3n) is 3.36. The first-order valence-electron chi connectivity index (χ1n) is 6.48. The lowest BCUT2D eigenvalue weighted by Crippen LogP contribution is -2.34. The van der Waals surface area contributed by atoms with Crippen LogP contribution in [0, 0.1) is 0 Å². The van der Waals surface area contributed by atoms with Crippen LogP contribution in [0.3, 0.4) is 0 Å². The summed E-state index contributed by atoms with van der Waals surface area (Å²) in [5.41, 5.74) is 5.47. The van der Waals surface area contributed by atoms with Gasteiger partial charge in [0.15, 0.2) is 5.82 Å². The molecule has 1 atom stereocenters. The SMILES string of the molecule is Cl.Cl.NCc1nc(CN2CCCC(c3nccs3)C2)no1. The van der Waals surface area contributed by atoms with Crippen molar-refractivity contribution in [3.8, 4) is 0 Å². The molecule has 3 heterocycles. The van der Waals surface area contributed by atoms with E-state index in [1.807, 2.05) is 11.6 Å². The zero-order valence-corrected chi connectivity index (χ0v) is 13.9. The zero-order chi connectivity index (χ0) is 13.1. The van der Waals surface area contributed by atoms with Gasteiger partial charge < -0.3 is 10.3 Å². The maximum Gasteiger partial charge on any atom is 0.240 e. The van der Waals surface area contributed by atoms with Crippen LogP contribution in [-0.2, 0) is 13.1 Å². The number of nitrogens with two attached hydrogens (primary N) is 1. The summed E-state index contributed by atoms with van der Waals surface area (Å²) in [6, 6.07) is 0. The summed E-state index contributed by atoms with van der Waals surface area (Å²) < 4.78 is 5.03. The van der Waals surface area contributed by atoms with E-state index in [0.717, 1.165) is 25.5 Å². The van der Waals surface area contributed by atoms with E-state index in [-0.39, 0.29) is 24.8 Å². The Morgan fingerprint density at radius 1 is 1.43 bits per heavy atom. The molecule has 1 saturated heterocycles. The first-order chi connectivity index (χ1) is 9.35. The van der Waals surface area contributed by atoms with Gasteiger partial charge in [-0.2, -0.15) is 4.98 Å². The smallest absolute Gasteiger partial charge is 0.240 e. The first-order valence-corrected chi connectivity index (χ1v) is 7.36. The number of thiazole rings is 1. The standard InChI is InChI=1S/C12H17N5OS.2ClH/c13-6-11-15-10(16-18-11)8-17-4-1-2-9(7-17)12-14-3-5-19-12;;/h3,5,9H,1-2,4,6-8,13H2;2*1H. The van der Waals surface area contributed by atoms with Gasteiger partial charge in [0.2, 0.25) is 5.89 Å². The summed E-state index contributed by atoms with van der Waals surface area (Å²) in [6.45, 7) is 3.12. The van der Waals surface area contributed by atoms with Crippen molar-refractivity contribution in [2.24, 2.45) is 5.73 Å². The maximum absolute atomic E-state index is 5.47. The second kappa shape index (κ2) is 8.65. The van der Waals surface area contributed by atoms with E-state index >= 15 is 0 Å². The molecule has 1 aliphatic heterocycles. The normalized spacial score (nSPS) is 18.8. The summed E-state index contributed by atoms with van der Waals surface area (Å²) in [4.78, 5) is 11.0. The molecule has 3 rings (SSSR count). The van der Waals surface area contributed by atoms with Crippen LogP contribution in [0.5, 0.6) is 0 Å². The second-order valence-electron chi connectivity index (χ2n) is 4.75. The molecule has 2 aromatic rings. The van der Waals surface area contributed by atoms with Gasteiger partial charge >= 0.3 is 0 Å². The summed E-state index contributed by atoms with van der Waals surface area (Å²) in [6.07, 6.45) is 4.28. The Labute approximate surface area is 139 Å². The molecule has 1 aliphatic rings. The van der Waals surface area contributed by atoms with Crippen LogP contribution in [0.15, 0.2) is 16.1 Å². The topological polar surface area (TPSA) is 81.1 Å². The molecule has 0 radical (unpaired) electrons. The van der Waals surface area contributed by atoms with E-state index in [4.69, 9.17) is 10.3 Å². The fraction of sp³-hybridized carbons (Fsp3) is 0.583. The highest BCUT2D eigenvalue weighted by atomic mass is 35.5. The van der Waals surface area contributed by atoms with Gasteiger partial charge in [0.05, 0.1) is 18.1 Å². The molecule has 0 spiro atoms. The van der Waals surface area contributed by atoms with E-state index in [1.54, 1.807) is 11.3 Å².